The topological polar surface area (TPSA) is 505 Å². The number of aromatic carboxylic acids is 1. The maximum absolute atomic E-state index is 13.0. The Kier molecular flexibility index (Phi) is 15.7. The van der Waals surface area contributed by atoms with E-state index in [0.717, 1.165) is 24.3 Å². The Balaban J connectivity index is 1.60. The van der Waals surface area contributed by atoms with Gasteiger partial charge in [-0.2, -0.15) is 62.1 Å². The van der Waals surface area contributed by atoms with Gasteiger partial charge in [-0.15, -0.1) is 10.2 Å². The lowest BCUT2D eigenvalue weighted by Gasteiger charge is -2.15. The van der Waals surface area contributed by atoms with Crippen LogP contribution in [0.2, 0.25) is 10.3 Å². The lowest BCUT2D eigenvalue weighted by atomic mass is 10.2. The molecule has 0 aliphatic carbocycles. The quantitative estimate of drug-likeness (QED) is 0.0150. The summed E-state index contributed by atoms with van der Waals surface area (Å²) in [6, 6.07) is 6.54. The number of azo groups is 1. The van der Waals surface area contributed by atoms with Gasteiger partial charge >= 0.3 is 16.4 Å². The fraction of sp³-hybridized carbons (Fsp3) is 0.0645. The van der Waals surface area contributed by atoms with E-state index in [9.17, 15) is 88.8 Å². The molecule has 1 heterocycles. The molecule has 11 N–H and O–H groups in total. The highest BCUT2D eigenvalue weighted by Gasteiger charge is 2.27. The van der Waals surface area contributed by atoms with Crippen molar-refractivity contribution in [3.63, 3.8) is 0 Å². The fourth-order valence-electron chi connectivity index (χ4n) is 5.19. The fourth-order valence-corrected chi connectivity index (χ4v) is 9.63. The molecule has 0 bridgehead atoms. The molecule has 1 aromatic heterocycles. The first kappa shape index (κ1) is 54.6. The molecule has 0 amide bonds. The van der Waals surface area contributed by atoms with Gasteiger partial charge in [-0.1, -0.05) is 11.6 Å². The molecular formula is C31H25Cl2N9O22S6. The van der Waals surface area contributed by atoms with Crippen LogP contribution in [0.3, 0.4) is 0 Å². The van der Waals surface area contributed by atoms with Gasteiger partial charge in [-0.3, -0.25) is 28.2 Å². The third kappa shape index (κ3) is 13.9. The van der Waals surface area contributed by atoms with Crippen molar-refractivity contribution in [3.8, 4) is 11.5 Å². The van der Waals surface area contributed by atoms with E-state index < -0.39 is 177 Å². The zero-order valence-electron chi connectivity index (χ0n) is 33.4. The van der Waals surface area contributed by atoms with Crippen molar-refractivity contribution < 1.29 is 97.6 Å². The molecule has 0 atom stereocenters. The number of anilines is 5. The van der Waals surface area contributed by atoms with Crippen LogP contribution in [0.15, 0.2) is 100 Å². The van der Waals surface area contributed by atoms with Crippen LogP contribution in [0.4, 0.5) is 34.6 Å². The number of phenols is 2. The number of benzene rings is 4. The molecule has 0 saturated heterocycles. The molecule has 0 spiro atoms. The lowest BCUT2D eigenvalue weighted by molar-refractivity contribution is 0.0697. The monoisotopic (exact) mass is 1140 g/mol. The number of carbonyl (C=O) groups is 1. The normalized spacial score (nSPS) is 13.0. The number of sulfone groups is 1. The van der Waals surface area contributed by atoms with E-state index in [1.807, 2.05) is 0 Å². The molecule has 0 fully saturated rings. The Morgan fingerprint density at radius 2 is 1.19 bits per heavy atom. The van der Waals surface area contributed by atoms with E-state index in [-0.39, 0.29) is 6.07 Å². The number of amidine groups is 1. The number of halogens is 2. The van der Waals surface area contributed by atoms with Crippen LogP contribution in [-0.2, 0) is 64.9 Å². The predicted molar refractivity (Wildman–Crippen MR) is 236 cm³/mol. The van der Waals surface area contributed by atoms with E-state index in [1.54, 1.807) is 0 Å². The van der Waals surface area contributed by atoms with Crippen LogP contribution < -0.4 is 16.1 Å². The van der Waals surface area contributed by atoms with E-state index in [2.05, 4.69) is 50.5 Å². The Labute approximate surface area is 402 Å². The van der Waals surface area contributed by atoms with Crippen LogP contribution >= 0.6 is 23.2 Å². The number of hydrogen-bond donors (Lipinski definition) is 11. The molecule has 31 nitrogen and oxygen atoms in total. The van der Waals surface area contributed by atoms with Gasteiger partial charge in [0.05, 0.1) is 49.0 Å². The Hall–Kier alpha value is -6.33. The van der Waals surface area contributed by atoms with Crippen molar-refractivity contribution in [1.29, 1.82) is 0 Å². The van der Waals surface area contributed by atoms with Gasteiger partial charge in [0.1, 0.15) is 21.2 Å². The number of aromatic hydroxyl groups is 2. The highest BCUT2D eigenvalue weighted by atomic mass is 35.5. The van der Waals surface area contributed by atoms with Gasteiger partial charge in [0.25, 0.3) is 40.5 Å². The predicted octanol–water partition coefficient (Wildman–Crippen LogP) is 2.91. The Morgan fingerprint density at radius 3 is 1.73 bits per heavy atom. The summed E-state index contributed by atoms with van der Waals surface area (Å²) in [7, 11) is -30.6. The number of carboxylic acids is 1. The van der Waals surface area contributed by atoms with Crippen LogP contribution in [0.25, 0.3) is 0 Å². The summed E-state index contributed by atoms with van der Waals surface area (Å²) in [5.74, 6) is -7.81. The van der Waals surface area contributed by atoms with Crippen LogP contribution in [0, 0.1) is 0 Å². The first-order valence-corrected chi connectivity index (χ1v) is 26.9. The molecule has 5 rings (SSSR count). The number of hydrazone groups is 1. The number of hydrogen-bond acceptors (Lipinski definition) is 24. The van der Waals surface area contributed by atoms with Crippen molar-refractivity contribution >= 4 is 130 Å². The number of nitrogens with zero attached hydrogens (tertiary/aromatic N) is 6. The number of rotatable bonds is 18. The van der Waals surface area contributed by atoms with Gasteiger partial charge in [0.15, 0.2) is 21.3 Å². The maximum atomic E-state index is 13.0. The molecule has 0 saturated carbocycles. The van der Waals surface area contributed by atoms with Gasteiger partial charge in [0.2, 0.25) is 23.0 Å². The molecule has 0 unspecified atom stereocenters. The zero-order chi connectivity index (χ0) is 52.5. The van der Waals surface area contributed by atoms with Gasteiger partial charge in [0, 0.05) is 5.56 Å². The largest absolute Gasteiger partial charge is 0.504 e. The molecule has 4 aromatic carbocycles. The van der Waals surface area contributed by atoms with Crippen LogP contribution in [0.5, 0.6) is 11.5 Å². The molecule has 5 aromatic rings. The second-order valence-electron chi connectivity index (χ2n) is 13.0. The van der Waals surface area contributed by atoms with Crippen molar-refractivity contribution in [2.75, 3.05) is 28.4 Å². The number of carboxylic acid groups (broad SMARTS) is 1. The second kappa shape index (κ2) is 20.2. The number of nitrogens with one attached hydrogen (secondary N) is 3. The molecule has 0 aliphatic heterocycles. The zero-order valence-corrected chi connectivity index (χ0v) is 39.8. The summed E-state index contributed by atoms with van der Waals surface area (Å²) in [4.78, 5) is 17.9. The minimum absolute atomic E-state index is 0.271. The third-order valence-electron chi connectivity index (χ3n) is 8.25. The lowest BCUT2D eigenvalue weighted by Crippen LogP contribution is -2.16. The van der Waals surface area contributed by atoms with Gasteiger partial charge < -0.3 is 26.0 Å². The van der Waals surface area contributed by atoms with E-state index in [4.69, 9.17) is 27.8 Å². The standard InChI is InChI=1S/C31H25Cl2N9O22S6/c32-18-3-1-13(7-23(18)68(55,56)57)27(41-39-19-4-2-14(66(49,50)51)8-17(19)28(45)46)42-40-22-11-16(67(52,53)54)10-20(25(22)43)34-30-36-29(33)37-31(38-30)35-21-9-15(12-24(26(21)44)69(58,59)60)65(47,48)6-5-64-70(61,62)63/h1-4,7-12,40,43-44H,5-6H2,(H,45,46)(H,49,50,51)(H,52,53,54)(H,55,56,57)(H,58,59,60)(H,61,62,63)(H2,34,35,36,37,38). The summed E-state index contributed by atoms with van der Waals surface area (Å²) < 4.78 is 196. The SMILES string of the molecule is O=C(O)c1cc(S(=O)(=O)O)ccc1N=NC(=NNc1cc(S(=O)(=O)O)cc(Nc2nc(Cl)nc(Nc3cc(S(=O)(=O)CCOS(=O)(=O)O)cc(S(=O)(=O)O)c3O)n2)c1O)c1ccc(Cl)c(S(=O)(=O)O)c1. The highest BCUT2D eigenvalue weighted by molar-refractivity contribution is 7.91. The molecule has 70 heavy (non-hydrogen) atoms. The molecule has 39 heteroatoms. The number of phenolic OH excluding ortho intramolecular Hbond substituents is 2. The second-order valence-corrected chi connectivity index (χ2v) is 22.6. The first-order chi connectivity index (χ1) is 32.0. The van der Waals surface area contributed by atoms with Crippen molar-refractivity contribution in [3.05, 3.63) is 82.1 Å². The highest BCUT2D eigenvalue weighted by Crippen LogP contribution is 2.39. The third-order valence-corrected chi connectivity index (χ3v) is 14.4. The summed E-state index contributed by atoms with van der Waals surface area (Å²) in [5, 5.41) is 46.1. The smallest absolute Gasteiger partial charge is 0.397 e. The summed E-state index contributed by atoms with van der Waals surface area (Å²) in [6.07, 6.45) is 0. The van der Waals surface area contributed by atoms with Crippen molar-refractivity contribution in [1.82, 2.24) is 15.0 Å². The molecule has 376 valence electrons. The number of aromatic nitrogens is 3. The van der Waals surface area contributed by atoms with E-state index >= 15 is 0 Å². The first-order valence-electron chi connectivity index (χ1n) is 17.4. The molecular weight excluding hydrogens is 1110 g/mol. The minimum Gasteiger partial charge on any atom is -0.504 e. The van der Waals surface area contributed by atoms with Crippen molar-refractivity contribution in [2.24, 2.45) is 15.3 Å². The van der Waals surface area contributed by atoms with E-state index in [0.29, 0.717) is 30.3 Å². The summed E-state index contributed by atoms with van der Waals surface area (Å²) in [5.41, 5.74) is -2.20. The summed E-state index contributed by atoms with van der Waals surface area (Å²) >= 11 is 11.9. The maximum Gasteiger partial charge on any atom is 0.397 e. The average molecular weight is 1140 g/mol. The van der Waals surface area contributed by atoms with Gasteiger partial charge in [-0.25, -0.2) is 17.4 Å². The molecule has 0 aliphatic rings. The summed E-state index contributed by atoms with van der Waals surface area (Å²) in [6.45, 7) is -1.19. The van der Waals surface area contributed by atoms with Crippen LogP contribution in [-0.4, -0.2) is 128 Å². The Bertz CT molecular complexity index is 3750. The van der Waals surface area contributed by atoms with E-state index in [1.165, 1.54) is 0 Å². The van der Waals surface area contributed by atoms with Gasteiger partial charge in [-0.05, 0) is 72.3 Å². The minimum atomic E-state index is -5.44. The Morgan fingerprint density at radius 1 is 0.629 bits per heavy atom. The van der Waals surface area contributed by atoms with Crippen LogP contribution in [0.1, 0.15) is 15.9 Å². The van der Waals surface area contributed by atoms with Crippen molar-refractivity contribution in [2.45, 2.75) is 24.5 Å². The average Bonchev–Trinajstić information content (AvgIpc) is 3.20. The molecule has 0 radical (unpaired) electrons.